The van der Waals surface area contributed by atoms with Crippen LogP contribution in [0.15, 0.2) is 53.3 Å². The standard InChI is InChI=1S/C24H25N3O5/c1-15(2)14-20(27-21(28)16-8-3-4-9-17(16)22(27)29)23(30)32-13-7-12-26-19-11-6-5-10-18(19)25-24(26)31/h3-6,8-11,15,20H,7,12-14H2,1-2H3,(H,25,31). The number of carbonyl (C=O) groups excluding carboxylic acids is 3. The highest BCUT2D eigenvalue weighted by molar-refractivity contribution is 6.22. The highest BCUT2D eigenvalue weighted by Gasteiger charge is 2.43. The SMILES string of the molecule is CC(C)CC(C(=O)OCCCn1c(=O)[nH]c2ccccc21)N1C(=O)c2ccccc2C1=O. The van der Waals surface area contributed by atoms with E-state index in [1.165, 1.54) is 0 Å². The van der Waals surface area contributed by atoms with Gasteiger partial charge in [0.15, 0.2) is 0 Å². The number of hydrogen-bond donors (Lipinski definition) is 1. The monoisotopic (exact) mass is 435 g/mol. The summed E-state index contributed by atoms with van der Waals surface area (Å²) in [4.78, 5) is 54.6. The lowest BCUT2D eigenvalue weighted by atomic mass is 10.0. The first-order valence-corrected chi connectivity index (χ1v) is 10.7. The number of para-hydroxylation sites is 2. The smallest absolute Gasteiger partial charge is 0.329 e. The largest absolute Gasteiger partial charge is 0.464 e. The van der Waals surface area contributed by atoms with Crippen LogP contribution in [0.4, 0.5) is 0 Å². The molecule has 0 fully saturated rings. The maximum Gasteiger partial charge on any atom is 0.329 e. The number of nitrogens with one attached hydrogen (secondary N) is 1. The van der Waals surface area contributed by atoms with Crippen LogP contribution in [0, 0.1) is 5.92 Å². The third-order valence-electron chi connectivity index (χ3n) is 5.56. The first-order valence-electron chi connectivity index (χ1n) is 10.7. The van der Waals surface area contributed by atoms with E-state index in [2.05, 4.69) is 4.98 Å². The first-order chi connectivity index (χ1) is 15.4. The number of amides is 2. The molecular formula is C24H25N3O5. The zero-order valence-corrected chi connectivity index (χ0v) is 18.0. The fraction of sp³-hybridized carbons (Fsp3) is 0.333. The van der Waals surface area contributed by atoms with Crippen LogP contribution in [0.25, 0.3) is 11.0 Å². The zero-order chi connectivity index (χ0) is 22.8. The van der Waals surface area contributed by atoms with Gasteiger partial charge in [0.2, 0.25) is 0 Å². The molecule has 1 N–H and O–H groups in total. The number of benzene rings is 2. The van der Waals surface area contributed by atoms with Crippen LogP contribution in [0.1, 0.15) is 47.4 Å². The third kappa shape index (κ3) is 3.95. The van der Waals surface area contributed by atoms with Crippen molar-refractivity contribution < 1.29 is 19.1 Å². The van der Waals surface area contributed by atoms with E-state index in [1.807, 2.05) is 38.1 Å². The van der Waals surface area contributed by atoms with Gasteiger partial charge in [-0.05, 0) is 43.0 Å². The Morgan fingerprint density at radius 1 is 0.969 bits per heavy atom. The summed E-state index contributed by atoms with van der Waals surface area (Å²) in [5.74, 6) is -1.49. The molecule has 32 heavy (non-hydrogen) atoms. The first kappa shape index (κ1) is 21.5. The Labute approximate surface area is 184 Å². The van der Waals surface area contributed by atoms with Crippen molar-refractivity contribution in [1.82, 2.24) is 14.5 Å². The molecule has 2 aromatic carbocycles. The van der Waals surface area contributed by atoms with Crippen LogP contribution in [-0.2, 0) is 16.1 Å². The Morgan fingerprint density at radius 3 is 2.25 bits per heavy atom. The summed E-state index contributed by atoms with van der Waals surface area (Å²) in [7, 11) is 0. The molecule has 0 aliphatic carbocycles. The normalized spacial score (nSPS) is 14.3. The third-order valence-corrected chi connectivity index (χ3v) is 5.56. The van der Waals surface area contributed by atoms with Crippen LogP contribution in [0.5, 0.6) is 0 Å². The lowest BCUT2D eigenvalue weighted by Gasteiger charge is -2.26. The Kier molecular flexibility index (Phi) is 5.94. The number of imide groups is 1. The van der Waals surface area contributed by atoms with Crippen molar-refractivity contribution in [3.05, 3.63) is 70.1 Å². The van der Waals surface area contributed by atoms with Gasteiger partial charge in [0.05, 0.1) is 28.8 Å². The highest BCUT2D eigenvalue weighted by atomic mass is 16.5. The Hall–Kier alpha value is -3.68. The number of fused-ring (bicyclic) bond motifs is 2. The number of esters is 1. The van der Waals surface area contributed by atoms with Crippen LogP contribution < -0.4 is 5.69 Å². The number of nitrogens with zero attached hydrogens (tertiary/aromatic N) is 2. The molecule has 1 aliphatic rings. The highest BCUT2D eigenvalue weighted by Crippen LogP contribution is 2.27. The van der Waals surface area contributed by atoms with E-state index in [1.54, 1.807) is 28.8 Å². The van der Waals surface area contributed by atoms with Gasteiger partial charge in [-0.25, -0.2) is 9.59 Å². The minimum absolute atomic E-state index is 0.0710. The maximum absolute atomic E-state index is 12.9. The predicted molar refractivity (Wildman–Crippen MR) is 118 cm³/mol. The van der Waals surface area contributed by atoms with E-state index >= 15 is 0 Å². The number of imidazole rings is 1. The Balaban J connectivity index is 1.43. The number of rotatable bonds is 8. The van der Waals surface area contributed by atoms with E-state index < -0.39 is 23.8 Å². The van der Waals surface area contributed by atoms with E-state index in [4.69, 9.17) is 4.74 Å². The van der Waals surface area contributed by atoms with Crippen LogP contribution in [0.3, 0.4) is 0 Å². The number of aromatic nitrogens is 2. The molecule has 2 heterocycles. The van der Waals surface area contributed by atoms with Gasteiger partial charge in [0.1, 0.15) is 6.04 Å². The molecule has 4 rings (SSSR count). The van der Waals surface area contributed by atoms with Crippen LogP contribution >= 0.6 is 0 Å². The fourth-order valence-corrected chi connectivity index (χ4v) is 4.06. The van der Waals surface area contributed by atoms with Crippen molar-refractivity contribution in [3.63, 3.8) is 0 Å². The Morgan fingerprint density at radius 2 is 1.59 bits per heavy atom. The lowest BCUT2D eigenvalue weighted by Crippen LogP contribution is -2.46. The molecule has 0 saturated carbocycles. The van der Waals surface area contributed by atoms with Gasteiger partial charge in [-0.2, -0.15) is 0 Å². The molecule has 0 spiro atoms. The number of hydrogen-bond acceptors (Lipinski definition) is 5. The molecule has 0 saturated heterocycles. The minimum atomic E-state index is -0.988. The average Bonchev–Trinajstić information content (AvgIpc) is 3.22. The number of ether oxygens (including phenoxy) is 1. The van der Waals surface area contributed by atoms with E-state index in [9.17, 15) is 19.2 Å². The zero-order valence-electron chi connectivity index (χ0n) is 18.0. The van der Waals surface area contributed by atoms with E-state index in [0.717, 1.165) is 15.9 Å². The van der Waals surface area contributed by atoms with Gasteiger partial charge in [-0.1, -0.05) is 38.1 Å². The molecule has 2 amide bonds. The van der Waals surface area contributed by atoms with Crippen molar-refractivity contribution in [2.45, 2.75) is 39.3 Å². The second-order valence-electron chi connectivity index (χ2n) is 8.29. The molecule has 166 valence electrons. The summed E-state index contributed by atoms with van der Waals surface area (Å²) in [5.41, 5.74) is 1.92. The number of aromatic amines is 1. The molecule has 0 radical (unpaired) electrons. The minimum Gasteiger partial charge on any atom is -0.464 e. The van der Waals surface area contributed by atoms with Crippen molar-refractivity contribution in [2.75, 3.05) is 6.61 Å². The predicted octanol–water partition coefficient (Wildman–Crippen LogP) is 2.97. The van der Waals surface area contributed by atoms with Crippen LogP contribution in [0.2, 0.25) is 0 Å². The van der Waals surface area contributed by atoms with Crippen LogP contribution in [-0.4, -0.2) is 44.9 Å². The van der Waals surface area contributed by atoms with Gasteiger partial charge < -0.3 is 9.72 Å². The molecule has 1 atom stereocenters. The summed E-state index contributed by atoms with van der Waals surface area (Å²) in [6.07, 6.45) is 0.732. The maximum atomic E-state index is 12.9. The number of H-pyrrole nitrogens is 1. The summed E-state index contributed by atoms with van der Waals surface area (Å²) in [6, 6.07) is 12.9. The molecule has 1 aliphatic heterocycles. The van der Waals surface area contributed by atoms with Gasteiger partial charge in [-0.15, -0.1) is 0 Å². The quantitative estimate of drug-likeness (QED) is 0.333. The Bertz CT molecular complexity index is 1200. The molecule has 3 aromatic rings. The summed E-state index contributed by atoms with van der Waals surface area (Å²) < 4.78 is 7.05. The molecule has 1 unspecified atom stereocenters. The van der Waals surface area contributed by atoms with Crippen molar-refractivity contribution in [3.8, 4) is 0 Å². The van der Waals surface area contributed by atoms with Crippen molar-refractivity contribution >= 4 is 28.8 Å². The lowest BCUT2D eigenvalue weighted by molar-refractivity contribution is -0.149. The molecule has 8 heteroatoms. The van der Waals surface area contributed by atoms with Crippen molar-refractivity contribution in [1.29, 1.82) is 0 Å². The molecule has 1 aromatic heterocycles. The average molecular weight is 435 g/mol. The summed E-state index contributed by atoms with van der Waals surface area (Å²) in [5, 5.41) is 0. The second-order valence-corrected chi connectivity index (χ2v) is 8.29. The summed E-state index contributed by atoms with van der Waals surface area (Å²) in [6.45, 7) is 4.28. The second kappa shape index (κ2) is 8.82. The molecule has 8 nitrogen and oxygen atoms in total. The summed E-state index contributed by atoms with van der Waals surface area (Å²) >= 11 is 0. The molecular weight excluding hydrogens is 410 g/mol. The van der Waals surface area contributed by atoms with Gasteiger partial charge >= 0.3 is 11.7 Å². The molecule has 0 bridgehead atoms. The fourth-order valence-electron chi connectivity index (χ4n) is 4.06. The van der Waals surface area contributed by atoms with E-state index in [0.29, 0.717) is 30.5 Å². The van der Waals surface area contributed by atoms with E-state index in [-0.39, 0.29) is 18.2 Å². The number of aryl methyl sites for hydroxylation is 1. The number of carbonyl (C=O) groups is 3. The van der Waals surface area contributed by atoms with Crippen molar-refractivity contribution in [2.24, 2.45) is 5.92 Å². The van der Waals surface area contributed by atoms with Gasteiger partial charge in [-0.3, -0.25) is 19.1 Å². The van der Waals surface area contributed by atoms with Gasteiger partial charge in [0, 0.05) is 6.54 Å². The van der Waals surface area contributed by atoms with Gasteiger partial charge in [0.25, 0.3) is 11.8 Å². The topological polar surface area (TPSA) is 101 Å².